The first-order chi connectivity index (χ1) is 28.2. The van der Waals surface area contributed by atoms with Crippen LogP contribution >= 0.6 is 0 Å². The van der Waals surface area contributed by atoms with Crippen molar-refractivity contribution in [1.29, 1.82) is 0 Å². The Kier molecular flexibility index (Phi) is 13.2. The SMILES string of the molecule is Cc1cc(O)c(N=Nc2ccc(S(=O)(=O)CCOS(=O)(=O)O)cc2S(=O)(=O)O)cc1N=Nc1cc(Nc2nc(F)nc(Nc3ccccc3S(=O)(=O)O)n2)ccc1S(=O)(=O)O. The summed E-state index contributed by atoms with van der Waals surface area (Å²) in [6.07, 6.45) is -1.37. The molecule has 0 unspecified atom stereocenters. The minimum atomic E-state index is -5.21. The van der Waals surface area contributed by atoms with E-state index in [1.807, 2.05) is 0 Å². The smallest absolute Gasteiger partial charge is 0.397 e. The van der Waals surface area contributed by atoms with Gasteiger partial charge < -0.3 is 15.7 Å². The van der Waals surface area contributed by atoms with Crippen molar-refractivity contribution < 1.29 is 74.0 Å². The molecule has 0 saturated heterocycles. The third-order valence-corrected chi connectivity index (χ3v) is 12.3. The van der Waals surface area contributed by atoms with Gasteiger partial charge in [0, 0.05) is 5.69 Å². The number of phenols is 1. The number of azo groups is 2. The van der Waals surface area contributed by atoms with Gasteiger partial charge in [-0.05, 0) is 73.2 Å². The number of aromatic nitrogens is 3. The highest BCUT2D eigenvalue weighted by molar-refractivity contribution is 7.91. The first kappa shape index (κ1) is 46.0. The minimum Gasteiger partial charge on any atom is -0.506 e. The topological polar surface area (TPSA) is 393 Å². The fraction of sp³-hybridized carbons (Fsp3) is 0.100. The number of aryl methyl sites for hydroxylation is 1. The molecule has 0 fully saturated rings. The van der Waals surface area contributed by atoms with Crippen LogP contribution in [0.4, 0.5) is 50.4 Å². The molecular weight excluding hydrogens is 922 g/mol. The van der Waals surface area contributed by atoms with Gasteiger partial charge in [-0.1, -0.05) is 12.1 Å². The van der Waals surface area contributed by atoms with Crippen LogP contribution in [0.5, 0.6) is 5.75 Å². The fourth-order valence-corrected chi connectivity index (χ4v) is 8.30. The van der Waals surface area contributed by atoms with E-state index in [0.717, 1.165) is 48.5 Å². The van der Waals surface area contributed by atoms with Crippen molar-refractivity contribution in [2.45, 2.75) is 26.5 Å². The highest BCUT2D eigenvalue weighted by Gasteiger charge is 2.24. The molecule has 0 amide bonds. The monoisotopic (exact) mass is 947 g/mol. The molecule has 1 aromatic heterocycles. The summed E-state index contributed by atoms with van der Waals surface area (Å²) in [5.41, 5.74) is -1.85. The molecule has 0 aliphatic heterocycles. The normalized spacial score (nSPS) is 12.9. The molecule has 324 valence electrons. The molecule has 0 bridgehead atoms. The number of anilines is 4. The van der Waals surface area contributed by atoms with Gasteiger partial charge >= 0.3 is 16.5 Å². The zero-order valence-electron chi connectivity index (χ0n) is 30.1. The molecule has 1 heterocycles. The maximum atomic E-state index is 14.5. The standard InChI is InChI=1S/C30H26FN9O16S5/c1-16-12-24(41)22(39-37-20-8-7-18(14-27(20)60(50,51)52)57(42,43)11-10-56-61(53,54)55)15-21(16)38-40-23-13-17(6-9-26(23)59(47,48)49)32-29-34-28(31)35-30(36-29)33-19-4-2-3-5-25(19)58(44,45)46/h2-9,12-15,41H,10-11H2,1H3,(H,44,45,46)(H,47,48,49)(H,50,51,52)(H,53,54,55)(H2,32,33,34,35,36). The van der Waals surface area contributed by atoms with E-state index in [4.69, 9.17) is 4.55 Å². The van der Waals surface area contributed by atoms with Gasteiger partial charge in [0.05, 0.1) is 28.6 Å². The lowest BCUT2D eigenvalue weighted by molar-refractivity contribution is 0.284. The zero-order chi connectivity index (χ0) is 45.1. The van der Waals surface area contributed by atoms with E-state index in [1.54, 1.807) is 0 Å². The van der Waals surface area contributed by atoms with Gasteiger partial charge in [0.2, 0.25) is 11.9 Å². The van der Waals surface area contributed by atoms with E-state index in [2.05, 4.69) is 50.2 Å². The van der Waals surface area contributed by atoms with Gasteiger partial charge in [0.1, 0.15) is 37.5 Å². The summed E-state index contributed by atoms with van der Waals surface area (Å²) in [5.74, 6) is -2.66. The van der Waals surface area contributed by atoms with Crippen LogP contribution in [-0.2, 0) is 54.8 Å². The third-order valence-electron chi connectivity index (χ3n) is 7.49. The van der Waals surface area contributed by atoms with Crippen LogP contribution in [0.2, 0.25) is 0 Å². The van der Waals surface area contributed by atoms with Gasteiger partial charge in [-0.3, -0.25) is 18.2 Å². The number of sulfone groups is 1. The Labute approximate surface area is 344 Å². The molecule has 5 aromatic rings. The van der Waals surface area contributed by atoms with E-state index in [-0.39, 0.29) is 22.6 Å². The summed E-state index contributed by atoms with van der Waals surface area (Å²) < 4.78 is 175. The second kappa shape index (κ2) is 17.5. The fourth-order valence-electron chi connectivity index (χ4n) is 4.82. The Balaban J connectivity index is 1.45. The number of hydrogen-bond donors (Lipinski definition) is 7. The van der Waals surface area contributed by atoms with E-state index >= 15 is 0 Å². The van der Waals surface area contributed by atoms with Crippen molar-refractivity contribution in [1.82, 2.24) is 15.0 Å². The van der Waals surface area contributed by atoms with Crippen molar-refractivity contribution in [3.63, 3.8) is 0 Å². The second-order valence-corrected chi connectivity index (χ2v) is 19.2. The predicted octanol–water partition coefficient (Wildman–Crippen LogP) is 4.68. The predicted molar refractivity (Wildman–Crippen MR) is 206 cm³/mol. The Hall–Kier alpha value is -6.03. The summed E-state index contributed by atoms with van der Waals surface area (Å²) in [7, 11) is -24.4. The van der Waals surface area contributed by atoms with Crippen LogP contribution < -0.4 is 10.6 Å². The summed E-state index contributed by atoms with van der Waals surface area (Å²) in [6, 6.07) is 12.2. The first-order valence-corrected chi connectivity index (χ1v) is 23.3. The van der Waals surface area contributed by atoms with Crippen LogP contribution in [-0.4, -0.2) is 92.7 Å². The Morgan fingerprint density at radius 2 is 1.21 bits per heavy atom. The zero-order valence-corrected chi connectivity index (χ0v) is 34.2. The average Bonchev–Trinajstić information content (AvgIpc) is 3.12. The van der Waals surface area contributed by atoms with Crippen molar-refractivity contribution >= 4 is 96.6 Å². The maximum Gasteiger partial charge on any atom is 0.397 e. The van der Waals surface area contributed by atoms with E-state index in [1.165, 1.54) is 25.1 Å². The molecule has 0 saturated carbocycles. The molecule has 31 heteroatoms. The number of benzene rings is 4. The lowest BCUT2D eigenvalue weighted by atomic mass is 10.1. The lowest BCUT2D eigenvalue weighted by Gasteiger charge is -2.11. The van der Waals surface area contributed by atoms with Gasteiger partial charge in [-0.25, -0.2) is 12.6 Å². The van der Waals surface area contributed by atoms with E-state index < -0.39 is 123 Å². The number of nitrogens with zero attached hydrogens (tertiary/aromatic N) is 7. The lowest BCUT2D eigenvalue weighted by Crippen LogP contribution is -2.16. The number of nitrogens with one attached hydrogen (secondary N) is 2. The number of hydrogen-bond acceptors (Lipinski definition) is 21. The Bertz CT molecular complexity index is 3190. The Morgan fingerprint density at radius 3 is 1.85 bits per heavy atom. The molecule has 0 aliphatic rings. The molecular formula is C30H26FN9O16S5. The van der Waals surface area contributed by atoms with Crippen molar-refractivity contribution in [3.05, 3.63) is 84.4 Å². The summed E-state index contributed by atoms with van der Waals surface area (Å²) in [6.45, 7) is 0.376. The van der Waals surface area contributed by atoms with E-state index in [0.29, 0.717) is 6.07 Å². The highest BCUT2D eigenvalue weighted by Crippen LogP contribution is 2.38. The number of para-hydroxylation sites is 1. The van der Waals surface area contributed by atoms with Crippen LogP contribution in [0.15, 0.2) is 113 Å². The van der Waals surface area contributed by atoms with Crippen LogP contribution in [0.25, 0.3) is 0 Å². The first-order valence-electron chi connectivity index (χ1n) is 16.0. The minimum absolute atomic E-state index is 0.0759. The Morgan fingerprint density at radius 1 is 0.623 bits per heavy atom. The quantitative estimate of drug-likeness (QED) is 0.0521. The molecule has 4 aromatic carbocycles. The molecule has 61 heavy (non-hydrogen) atoms. The molecule has 5 rings (SSSR count). The number of halogens is 1. The summed E-state index contributed by atoms with van der Waals surface area (Å²) in [4.78, 5) is 7.67. The molecule has 25 nitrogen and oxygen atoms in total. The maximum absolute atomic E-state index is 14.5. The number of rotatable bonds is 16. The van der Waals surface area contributed by atoms with Crippen molar-refractivity contribution in [2.75, 3.05) is 23.0 Å². The second-order valence-electron chi connectivity index (χ2n) is 11.8. The molecule has 0 aliphatic carbocycles. The molecule has 7 N–H and O–H groups in total. The molecule has 0 radical (unpaired) electrons. The largest absolute Gasteiger partial charge is 0.506 e. The number of phenolic OH excluding ortho intramolecular Hbond substituents is 1. The molecule has 0 spiro atoms. The third kappa shape index (κ3) is 12.3. The van der Waals surface area contributed by atoms with Gasteiger partial charge in [0.15, 0.2) is 9.84 Å². The summed E-state index contributed by atoms with van der Waals surface area (Å²) >= 11 is 0. The van der Waals surface area contributed by atoms with Crippen LogP contribution in [0.1, 0.15) is 5.56 Å². The van der Waals surface area contributed by atoms with Crippen molar-refractivity contribution in [3.8, 4) is 5.75 Å². The number of aromatic hydroxyl groups is 1. The van der Waals surface area contributed by atoms with Gasteiger partial charge in [-0.15, -0.1) is 15.3 Å². The molecule has 0 atom stereocenters. The average molecular weight is 948 g/mol. The summed E-state index contributed by atoms with van der Waals surface area (Å²) in [5, 5.41) is 30.8. The van der Waals surface area contributed by atoms with Crippen LogP contribution in [0, 0.1) is 13.0 Å². The van der Waals surface area contributed by atoms with Crippen LogP contribution in [0.3, 0.4) is 0 Å². The van der Waals surface area contributed by atoms with E-state index in [9.17, 15) is 65.2 Å². The highest BCUT2D eigenvalue weighted by atomic mass is 32.3. The van der Waals surface area contributed by atoms with Gasteiger partial charge in [0.25, 0.3) is 30.4 Å². The van der Waals surface area contributed by atoms with Crippen molar-refractivity contribution in [2.24, 2.45) is 20.5 Å². The van der Waals surface area contributed by atoms with Gasteiger partial charge in [-0.2, -0.15) is 58.1 Å².